The summed E-state index contributed by atoms with van der Waals surface area (Å²) < 4.78 is 23.9. The molecule has 0 radical (unpaired) electrons. The van der Waals surface area contributed by atoms with Crippen molar-refractivity contribution in [3.63, 3.8) is 0 Å². The number of benzene rings is 1. The van der Waals surface area contributed by atoms with Gasteiger partial charge < -0.3 is 5.32 Å². The molecule has 0 aliphatic heterocycles. The molecule has 6 nitrogen and oxygen atoms in total. The highest BCUT2D eigenvalue weighted by atomic mass is 32.2. The van der Waals surface area contributed by atoms with Crippen molar-refractivity contribution in [2.45, 2.75) is 5.92 Å². The summed E-state index contributed by atoms with van der Waals surface area (Å²) in [5.41, 5.74) is 0.610. The molecule has 0 aliphatic rings. The summed E-state index contributed by atoms with van der Waals surface area (Å²) >= 11 is 0. The van der Waals surface area contributed by atoms with Crippen LogP contribution in [0.25, 0.3) is 0 Å². The third-order valence-corrected chi connectivity index (χ3v) is 3.04. The molecule has 0 bridgehead atoms. The van der Waals surface area contributed by atoms with Crippen LogP contribution in [-0.4, -0.2) is 33.7 Å². The largest absolute Gasteiger partial charge is 0.353 e. The predicted octanol–water partition coefficient (Wildman–Crippen LogP) is -0.0408. The summed E-state index contributed by atoms with van der Waals surface area (Å²) in [6.45, 7) is 0.231. The van der Waals surface area contributed by atoms with Gasteiger partial charge in [0.25, 0.3) is 0 Å². The Kier molecular flexibility index (Phi) is 5.48. The van der Waals surface area contributed by atoms with E-state index in [2.05, 4.69) is 10.0 Å². The Morgan fingerprint density at radius 2 is 1.95 bits per heavy atom. The number of hydrogen-bond donors (Lipinski definition) is 2. The summed E-state index contributed by atoms with van der Waals surface area (Å²) in [5, 5.41) is 11.5. The Labute approximate surface area is 112 Å². The van der Waals surface area contributed by atoms with Gasteiger partial charge in [-0.2, -0.15) is 5.26 Å². The van der Waals surface area contributed by atoms with Gasteiger partial charge in [0.05, 0.1) is 12.3 Å². The van der Waals surface area contributed by atoms with E-state index in [1.165, 1.54) is 0 Å². The lowest BCUT2D eigenvalue weighted by Gasteiger charge is -2.10. The number of amides is 1. The Hall–Kier alpha value is -1.91. The monoisotopic (exact) mass is 281 g/mol. The van der Waals surface area contributed by atoms with E-state index >= 15 is 0 Å². The molecular formula is C12H15N3O3S. The molecule has 0 heterocycles. The highest BCUT2D eigenvalue weighted by molar-refractivity contribution is 7.88. The first-order chi connectivity index (χ1) is 8.94. The normalized spacial score (nSPS) is 12.4. The number of nitrogens with zero attached hydrogens (tertiary/aromatic N) is 1. The maximum absolute atomic E-state index is 11.8. The quantitative estimate of drug-likeness (QED) is 0.715. The minimum absolute atomic E-state index is 0.0948. The van der Waals surface area contributed by atoms with E-state index < -0.39 is 21.8 Å². The van der Waals surface area contributed by atoms with Gasteiger partial charge in [-0.15, -0.1) is 0 Å². The fourth-order valence-electron chi connectivity index (χ4n) is 1.45. The minimum Gasteiger partial charge on any atom is -0.353 e. The van der Waals surface area contributed by atoms with Gasteiger partial charge in [0.2, 0.25) is 15.9 Å². The molecule has 0 aliphatic carbocycles. The van der Waals surface area contributed by atoms with Gasteiger partial charge in [-0.05, 0) is 5.56 Å². The molecule has 1 atom stereocenters. The zero-order valence-corrected chi connectivity index (χ0v) is 11.3. The highest BCUT2D eigenvalue weighted by Crippen LogP contribution is 2.14. The molecule has 1 amide bonds. The van der Waals surface area contributed by atoms with Crippen molar-refractivity contribution in [3.05, 3.63) is 35.9 Å². The van der Waals surface area contributed by atoms with Gasteiger partial charge in [-0.1, -0.05) is 30.3 Å². The SMILES string of the molecule is CS(=O)(=O)NCCNC(=O)C(C#N)c1ccccc1. The Balaban J connectivity index is 2.51. The van der Waals surface area contributed by atoms with Crippen LogP contribution in [0.2, 0.25) is 0 Å². The van der Waals surface area contributed by atoms with Gasteiger partial charge in [0, 0.05) is 13.1 Å². The van der Waals surface area contributed by atoms with E-state index in [0.29, 0.717) is 5.56 Å². The second kappa shape index (κ2) is 6.87. The van der Waals surface area contributed by atoms with Crippen LogP contribution in [0.15, 0.2) is 30.3 Å². The maximum Gasteiger partial charge on any atom is 0.241 e. The van der Waals surface area contributed by atoms with Crippen molar-refractivity contribution < 1.29 is 13.2 Å². The average molecular weight is 281 g/mol. The molecule has 0 fully saturated rings. The second-order valence-electron chi connectivity index (χ2n) is 3.93. The first-order valence-corrected chi connectivity index (χ1v) is 7.50. The molecule has 7 heteroatoms. The molecule has 0 spiro atoms. The van der Waals surface area contributed by atoms with E-state index in [4.69, 9.17) is 5.26 Å². The first-order valence-electron chi connectivity index (χ1n) is 5.61. The number of nitrogens with one attached hydrogen (secondary N) is 2. The van der Waals surface area contributed by atoms with Crippen molar-refractivity contribution >= 4 is 15.9 Å². The number of sulfonamides is 1. The zero-order valence-electron chi connectivity index (χ0n) is 10.5. The molecular weight excluding hydrogens is 266 g/mol. The molecule has 1 aromatic rings. The number of rotatable bonds is 6. The first kappa shape index (κ1) is 15.1. The van der Waals surface area contributed by atoms with Crippen LogP contribution in [0.4, 0.5) is 0 Å². The van der Waals surface area contributed by atoms with E-state index in [-0.39, 0.29) is 13.1 Å². The van der Waals surface area contributed by atoms with Crippen LogP contribution in [0, 0.1) is 11.3 Å². The van der Waals surface area contributed by atoms with Crippen LogP contribution in [0.3, 0.4) is 0 Å². The van der Waals surface area contributed by atoms with Gasteiger partial charge in [0.15, 0.2) is 0 Å². The van der Waals surface area contributed by atoms with E-state index in [9.17, 15) is 13.2 Å². The number of carbonyl (C=O) groups excluding carboxylic acids is 1. The number of carbonyl (C=O) groups is 1. The fraction of sp³-hybridized carbons (Fsp3) is 0.333. The van der Waals surface area contributed by atoms with Crippen LogP contribution in [-0.2, 0) is 14.8 Å². The Bertz CT molecular complexity index is 564. The summed E-state index contributed by atoms with van der Waals surface area (Å²) in [4.78, 5) is 11.8. The van der Waals surface area contributed by atoms with Crippen molar-refractivity contribution in [2.75, 3.05) is 19.3 Å². The number of hydrogen-bond acceptors (Lipinski definition) is 4. The second-order valence-corrected chi connectivity index (χ2v) is 5.76. The standard InChI is InChI=1S/C12H15N3O3S/c1-19(17,18)15-8-7-14-12(16)11(9-13)10-5-3-2-4-6-10/h2-6,11,15H,7-8H2,1H3,(H,14,16). The van der Waals surface area contributed by atoms with Gasteiger partial charge in [-0.25, -0.2) is 13.1 Å². The summed E-state index contributed by atoms with van der Waals surface area (Å²) in [6, 6.07) is 10.6. The molecule has 0 saturated heterocycles. The average Bonchev–Trinajstić information content (AvgIpc) is 2.36. The molecule has 102 valence electrons. The maximum atomic E-state index is 11.8. The molecule has 0 aromatic heterocycles. The smallest absolute Gasteiger partial charge is 0.241 e. The van der Waals surface area contributed by atoms with Gasteiger partial charge in [0.1, 0.15) is 5.92 Å². The summed E-state index contributed by atoms with van der Waals surface area (Å²) in [5.74, 6) is -1.33. The van der Waals surface area contributed by atoms with Crippen LogP contribution in [0.1, 0.15) is 11.5 Å². The topological polar surface area (TPSA) is 99.1 Å². The van der Waals surface area contributed by atoms with E-state index in [0.717, 1.165) is 6.26 Å². The molecule has 1 unspecified atom stereocenters. The number of nitriles is 1. The lowest BCUT2D eigenvalue weighted by molar-refractivity contribution is -0.121. The van der Waals surface area contributed by atoms with Gasteiger partial charge >= 0.3 is 0 Å². The third kappa shape index (κ3) is 5.50. The lowest BCUT2D eigenvalue weighted by Crippen LogP contribution is -2.36. The molecule has 19 heavy (non-hydrogen) atoms. The third-order valence-electron chi connectivity index (χ3n) is 2.31. The van der Waals surface area contributed by atoms with Crippen molar-refractivity contribution in [2.24, 2.45) is 0 Å². The Morgan fingerprint density at radius 1 is 1.32 bits per heavy atom. The van der Waals surface area contributed by atoms with Crippen LogP contribution >= 0.6 is 0 Å². The summed E-state index contributed by atoms with van der Waals surface area (Å²) in [7, 11) is -3.27. The highest BCUT2D eigenvalue weighted by Gasteiger charge is 2.19. The van der Waals surface area contributed by atoms with Crippen molar-refractivity contribution in [1.82, 2.24) is 10.0 Å². The predicted molar refractivity (Wildman–Crippen MR) is 70.7 cm³/mol. The van der Waals surface area contributed by atoms with Gasteiger partial charge in [-0.3, -0.25) is 4.79 Å². The molecule has 0 saturated carbocycles. The van der Waals surface area contributed by atoms with E-state index in [1.807, 2.05) is 6.07 Å². The van der Waals surface area contributed by atoms with Crippen LogP contribution < -0.4 is 10.0 Å². The fourth-order valence-corrected chi connectivity index (χ4v) is 1.93. The molecule has 1 aromatic carbocycles. The lowest BCUT2D eigenvalue weighted by atomic mass is 10.00. The minimum atomic E-state index is -3.27. The van der Waals surface area contributed by atoms with Crippen molar-refractivity contribution in [1.29, 1.82) is 5.26 Å². The van der Waals surface area contributed by atoms with E-state index in [1.54, 1.807) is 30.3 Å². The molecule has 2 N–H and O–H groups in total. The summed E-state index contributed by atoms with van der Waals surface area (Å²) in [6.07, 6.45) is 1.04. The van der Waals surface area contributed by atoms with Crippen molar-refractivity contribution in [3.8, 4) is 6.07 Å². The van der Waals surface area contributed by atoms with Crippen LogP contribution in [0.5, 0.6) is 0 Å². The molecule has 1 rings (SSSR count). The zero-order chi connectivity index (χ0) is 14.3. The Morgan fingerprint density at radius 3 is 2.47 bits per heavy atom.